The molecular weight excluding hydrogens is 573 g/mol. The van der Waals surface area contributed by atoms with Gasteiger partial charge in [-0.2, -0.15) is 0 Å². The molecule has 0 bridgehead atoms. The number of imidazole rings is 1. The van der Waals surface area contributed by atoms with Crippen molar-refractivity contribution >= 4 is 28.7 Å². The highest BCUT2D eigenvalue weighted by Crippen LogP contribution is 2.39. The third-order valence-corrected chi connectivity index (χ3v) is 8.57. The van der Waals surface area contributed by atoms with Gasteiger partial charge in [-0.3, -0.25) is 9.59 Å². The first-order valence-corrected chi connectivity index (χ1v) is 14.9. The highest BCUT2D eigenvalue weighted by molar-refractivity contribution is 6.06. The Morgan fingerprint density at radius 2 is 1.73 bits per heavy atom. The largest absolute Gasteiger partial charge is 0.492 e. The van der Waals surface area contributed by atoms with Gasteiger partial charge in [0.05, 0.1) is 25.3 Å². The lowest BCUT2D eigenvalue weighted by molar-refractivity contribution is 0.0303. The first kappa shape index (κ1) is 28.7. The lowest BCUT2D eigenvalue weighted by Gasteiger charge is -2.26. The van der Waals surface area contributed by atoms with E-state index in [1.54, 1.807) is 41.4 Å². The van der Waals surface area contributed by atoms with E-state index in [9.17, 15) is 9.59 Å². The van der Waals surface area contributed by atoms with Gasteiger partial charge in [-0.25, -0.2) is 14.4 Å². The molecule has 7 rings (SSSR count). The maximum Gasteiger partial charge on any atom is 0.255 e. The number of aromatic nitrogens is 3. The molecule has 5 aromatic rings. The van der Waals surface area contributed by atoms with Crippen LogP contribution < -0.4 is 10.1 Å². The molecule has 4 heterocycles. The molecule has 0 atom stereocenters. The Balaban J connectivity index is 1.17. The topological polar surface area (TPSA) is 109 Å². The van der Waals surface area contributed by atoms with E-state index in [0.717, 1.165) is 11.1 Å². The van der Waals surface area contributed by atoms with Gasteiger partial charge < -0.3 is 24.7 Å². The molecule has 228 valence electrons. The van der Waals surface area contributed by atoms with Crippen molar-refractivity contribution in [3.63, 3.8) is 0 Å². The minimum atomic E-state index is -0.491. The summed E-state index contributed by atoms with van der Waals surface area (Å²) in [6.45, 7) is 8.82. The van der Waals surface area contributed by atoms with Gasteiger partial charge in [0.15, 0.2) is 5.65 Å². The number of amides is 2. The molecule has 0 aliphatic carbocycles. The van der Waals surface area contributed by atoms with Crippen LogP contribution in [-0.2, 0) is 10.2 Å². The van der Waals surface area contributed by atoms with E-state index < -0.39 is 5.82 Å². The predicted molar refractivity (Wildman–Crippen MR) is 169 cm³/mol. The van der Waals surface area contributed by atoms with Gasteiger partial charge in [-0.15, -0.1) is 0 Å². The summed E-state index contributed by atoms with van der Waals surface area (Å²) >= 11 is 0. The van der Waals surface area contributed by atoms with E-state index in [-0.39, 0.29) is 17.2 Å². The van der Waals surface area contributed by atoms with E-state index >= 15 is 4.39 Å². The van der Waals surface area contributed by atoms with Crippen LogP contribution in [0.4, 0.5) is 10.1 Å². The Hall–Kier alpha value is -5.09. The van der Waals surface area contributed by atoms with Crippen LogP contribution in [0.2, 0.25) is 0 Å². The number of hydrogen-bond acceptors (Lipinski definition) is 6. The number of fused-ring (bicyclic) bond motifs is 2. The predicted octanol–water partition coefficient (Wildman–Crippen LogP) is 6.13. The maximum absolute atomic E-state index is 15.1. The number of hydrogen-bond donors (Lipinski definition) is 2. The molecule has 3 aromatic carbocycles. The summed E-state index contributed by atoms with van der Waals surface area (Å²) in [6, 6.07) is 17.2. The minimum Gasteiger partial charge on any atom is -0.492 e. The summed E-state index contributed by atoms with van der Waals surface area (Å²) in [7, 11) is 0. The molecule has 2 aromatic heterocycles. The molecule has 0 saturated carbocycles. The average Bonchev–Trinajstić information content (AvgIpc) is 3.63. The molecule has 45 heavy (non-hydrogen) atoms. The fraction of sp³-hybridized carbons (Fsp3) is 0.257. The van der Waals surface area contributed by atoms with E-state index in [0.29, 0.717) is 89.2 Å². The number of carbonyl (C=O) groups is 2. The fourth-order valence-corrected chi connectivity index (χ4v) is 5.95. The minimum absolute atomic E-state index is 0.0312. The van der Waals surface area contributed by atoms with Crippen molar-refractivity contribution in [1.82, 2.24) is 19.9 Å². The van der Waals surface area contributed by atoms with Crippen LogP contribution in [0, 0.1) is 12.7 Å². The molecular formula is C35H32FN5O4. The lowest BCUT2D eigenvalue weighted by Crippen LogP contribution is -2.40. The zero-order valence-electron chi connectivity index (χ0n) is 25.2. The van der Waals surface area contributed by atoms with Crippen LogP contribution in [-0.4, -0.2) is 64.6 Å². The van der Waals surface area contributed by atoms with Crippen molar-refractivity contribution in [2.24, 2.45) is 0 Å². The number of nitrogens with zero attached hydrogens (tertiary/aromatic N) is 3. The lowest BCUT2D eigenvalue weighted by atomic mass is 9.86. The Morgan fingerprint density at radius 3 is 2.51 bits per heavy atom. The van der Waals surface area contributed by atoms with Crippen LogP contribution in [0.5, 0.6) is 5.75 Å². The molecule has 0 unspecified atom stereocenters. The van der Waals surface area contributed by atoms with Crippen molar-refractivity contribution in [3.8, 4) is 28.3 Å². The molecule has 2 N–H and O–H groups in total. The highest BCUT2D eigenvalue weighted by Gasteiger charge is 2.32. The normalized spacial score (nSPS) is 15.5. The average molecular weight is 606 g/mol. The second-order valence-electron chi connectivity index (χ2n) is 12.1. The third-order valence-electron chi connectivity index (χ3n) is 8.57. The van der Waals surface area contributed by atoms with Crippen molar-refractivity contribution in [1.29, 1.82) is 0 Å². The van der Waals surface area contributed by atoms with Crippen molar-refractivity contribution in [2.45, 2.75) is 26.2 Å². The SMILES string of the molecule is Cc1c(NC(=O)c2ccc3c(c2)OCC3(C)C)cc(F)cc1-c1ccnc2nc(-c3ccc(C(=O)N4CCOCC4)cc3)[nH]c12. The molecule has 0 spiro atoms. The van der Waals surface area contributed by atoms with Gasteiger partial charge in [-0.05, 0) is 60.5 Å². The Kier molecular flexibility index (Phi) is 7.08. The Labute approximate surface area is 259 Å². The second kappa shape index (κ2) is 11.1. The van der Waals surface area contributed by atoms with E-state index in [4.69, 9.17) is 9.47 Å². The van der Waals surface area contributed by atoms with Gasteiger partial charge in [0.2, 0.25) is 0 Å². The summed E-state index contributed by atoms with van der Waals surface area (Å²) in [5, 5.41) is 2.89. The molecule has 0 radical (unpaired) electrons. The monoisotopic (exact) mass is 605 g/mol. The standard InChI is InChI=1S/C35H32FN5O4/c1-20-26(17-24(36)18-28(20)38-33(42)23-8-9-27-29(16-23)45-19-35(27,2)3)25-10-11-37-32-30(25)39-31(40-32)21-4-6-22(7-5-21)34(43)41-12-14-44-15-13-41/h4-11,16-18H,12-15,19H2,1-3H3,(H,38,42)(H,37,39,40). The van der Waals surface area contributed by atoms with Crippen LogP contribution in [0.1, 0.15) is 45.7 Å². The quantitative estimate of drug-likeness (QED) is 0.249. The molecule has 1 saturated heterocycles. The summed E-state index contributed by atoms with van der Waals surface area (Å²) < 4.78 is 26.2. The number of nitrogens with one attached hydrogen (secondary N) is 2. The zero-order valence-corrected chi connectivity index (χ0v) is 25.2. The van der Waals surface area contributed by atoms with Crippen LogP contribution in [0.25, 0.3) is 33.7 Å². The van der Waals surface area contributed by atoms with Crippen molar-refractivity contribution in [2.75, 3.05) is 38.2 Å². The number of halogens is 1. The second-order valence-corrected chi connectivity index (χ2v) is 12.1. The first-order valence-electron chi connectivity index (χ1n) is 14.9. The molecule has 2 aliphatic rings. The Bertz CT molecular complexity index is 1960. The Morgan fingerprint density at radius 1 is 0.978 bits per heavy atom. The summed E-state index contributed by atoms with van der Waals surface area (Å²) in [5.74, 6) is 0.383. The smallest absolute Gasteiger partial charge is 0.255 e. The number of anilines is 1. The summed E-state index contributed by atoms with van der Waals surface area (Å²) in [6.07, 6.45) is 1.63. The van der Waals surface area contributed by atoms with Gasteiger partial charge >= 0.3 is 0 Å². The number of H-pyrrole nitrogens is 1. The number of benzene rings is 3. The number of ether oxygens (including phenoxy) is 2. The molecule has 10 heteroatoms. The molecule has 2 aliphatic heterocycles. The van der Waals surface area contributed by atoms with Gasteiger partial charge in [0.1, 0.15) is 17.4 Å². The number of rotatable bonds is 5. The van der Waals surface area contributed by atoms with Crippen LogP contribution >= 0.6 is 0 Å². The number of aromatic amines is 1. The highest BCUT2D eigenvalue weighted by atomic mass is 19.1. The van der Waals surface area contributed by atoms with Gasteiger partial charge in [-0.1, -0.05) is 32.0 Å². The van der Waals surface area contributed by atoms with Crippen LogP contribution in [0.3, 0.4) is 0 Å². The summed E-state index contributed by atoms with van der Waals surface area (Å²) in [4.78, 5) is 40.4. The summed E-state index contributed by atoms with van der Waals surface area (Å²) in [5.41, 5.74) is 6.18. The van der Waals surface area contributed by atoms with E-state index in [1.165, 1.54) is 12.1 Å². The molecule has 1 fully saturated rings. The van der Waals surface area contributed by atoms with Gasteiger partial charge in [0.25, 0.3) is 11.8 Å². The third kappa shape index (κ3) is 5.31. The number of pyridine rings is 1. The zero-order chi connectivity index (χ0) is 31.3. The fourth-order valence-electron chi connectivity index (χ4n) is 5.95. The first-order chi connectivity index (χ1) is 21.7. The maximum atomic E-state index is 15.1. The number of morpholine rings is 1. The van der Waals surface area contributed by atoms with Crippen molar-refractivity contribution in [3.05, 3.63) is 94.9 Å². The number of carbonyl (C=O) groups excluding carboxylic acids is 2. The molecule has 9 nitrogen and oxygen atoms in total. The van der Waals surface area contributed by atoms with Crippen molar-refractivity contribution < 1.29 is 23.5 Å². The van der Waals surface area contributed by atoms with E-state index in [1.807, 2.05) is 25.1 Å². The van der Waals surface area contributed by atoms with E-state index in [2.05, 4.69) is 34.1 Å². The van der Waals surface area contributed by atoms with Crippen LogP contribution in [0.15, 0.2) is 66.9 Å². The molecule has 2 amide bonds. The van der Waals surface area contributed by atoms with Gasteiger partial charge in [0, 0.05) is 58.2 Å².